The minimum Gasteiger partial charge on any atom is -0.287 e. The van der Waals surface area contributed by atoms with Gasteiger partial charge < -0.3 is 0 Å². The van der Waals surface area contributed by atoms with E-state index in [0.29, 0.717) is 6.04 Å². The second-order valence-electron chi connectivity index (χ2n) is 6.87. The van der Waals surface area contributed by atoms with Gasteiger partial charge in [-0.3, -0.25) is 4.57 Å². The molecule has 0 fully saturated rings. The highest BCUT2D eigenvalue weighted by Gasteiger charge is 2.21. The van der Waals surface area contributed by atoms with E-state index in [2.05, 4.69) is 37.3 Å². The molecule has 4 aromatic rings. The maximum atomic E-state index is 8.66. The van der Waals surface area contributed by atoms with Crippen LogP contribution in [0.2, 0.25) is 0 Å². The lowest BCUT2D eigenvalue weighted by molar-refractivity contribution is 0.671. The average Bonchev–Trinajstić information content (AvgIpc) is 2.71. The molecular weight excluding hydrogens is 336 g/mol. The lowest BCUT2D eigenvalue weighted by atomic mass is 9.97. The van der Waals surface area contributed by atoms with Gasteiger partial charge in [0, 0.05) is 16.9 Å². The van der Waals surface area contributed by atoms with Gasteiger partial charge in [0.25, 0.3) is 0 Å². The molecule has 126 valence electrons. The lowest BCUT2D eigenvalue weighted by Gasteiger charge is -2.20. The van der Waals surface area contributed by atoms with Crippen LogP contribution in [0.4, 0.5) is 0 Å². The number of nitrogens with zero attached hydrogens (tertiary/aromatic N) is 2. The molecule has 1 aliphatic rings. The predicted octanol–water partition coefficient (Wildman–Crippen LogP) is 6.08. The number of benzene rings is 3. The van der Waals surface area contributed by atoms with Crippen molar-refractivity contribution in [1.29, 1.82) is 0 Å². The summed E-state index contributed by atoms with van der Waals surface area (Å²) in [5, 5.41) is 0.948. The molecule has 1 unspecified atom stereocenters. The Balaban J connectivity index is 2.00. The van der Waals surface area contributed by atoms with Gasteiger partial charge in [-0.1, -0.05) is 73.7 Å². The predicted molar refractivity (Wildman–Crippen MR) is 109 cm³/mol. The molecule has 3 aromatic carbocycles. The fraction of sp³-hybridized carbons (Fsp3) is 0.130. The minimum absolute atomic E-state index is 0.178. The largest absolute Gasteiger partial charge is 0.287 e. The second kappa shape index (κ2) is 5.89. The summed E-state index contributed by atoms with van der Waals surface area (Å²) in [6, 6.07) is 22.9. The summed E-state index contributed by atoms with van der Waals surface area (Å²) >= 11 is 5.93. The molecule has 1 aromatic heterocycles. The van der Waals surface area contributed by atoms with Crippen molar-refractivity contribution < 1.29 is 1.37 Å². The molecule has 0 radical (unpaired) electrons. The van der Waals surface area contributed by atoms with E-state index < -0.39 is 0 Å². The van der Waals surface area contributed by atoms with Crippen molar-refractivity contribution >= 4 is 23.1 Å². The van der Waals surface area contributed by atoms with Crippen LogP contribution in [0, 0.1) is 4.64 Å². The van der Waals surface area contributed by atoms with Crippen LogP contribution < -0.4 is 0 Å². The molecule has 1 atom stereocenters. The highest BCUT2D eigenvalue weighted by atomic mass is 32.1. The summed E-state index contributed by atoms with van der Waals surface area (Å²) in [4.78, 5) is 5.00. The van der Waals surface area contributed by atoms with Gasteiger partial charge in [-0.05, 0) is 35.7 Å². The third-order valence-corrected chi connectivity index (χ3v) is 5.48. The zero-order valence-electron chi connectivity index (χ0n) is 15.4. The molecular formula is C23H18N2S. The van der Waals surface area contributed by atoms with E-state index in [1.807, 2.05) is 41.0 Å². The monoisotopic (exact) mass is 355 g/mol. The van der Waals surface area contributed by atoms with Crippen LogP contribution in [-0.4, -0.2) is 9.55 Å². The molecule has 2 nitrogen and oxygen atoms in total. The van der Waals surface area contributed by atoms with Crippen LogP contribution in [-0.2, 0) is 6.42 Å². The third-order valence-electron chi connectivity index (χ3n) is 5.08. The standard InChI is InChI=1S/C23H18N2S/c1-15-13-16-7-6-8-17(14-16)18-9-3-5-12-21(18)25-22(15)24-20-11-4-2-10-19(20)23(25)26/h2-12,14-15H,13H2,1H3/i12D. The Labute approximate surface area is 159 Å². The molecule has 0 amide bonds. The lowest BCUT2D eigenvalue weighted by Crippen LogP contribution is -2.13. The van der Waals surface area contributed by atoms with Crippen molar-refractivity contribution in [3.8, 4) is 16.8 Å². The molecule has 1 aliphatic heterocycles. The van der Waals surface area contributed by atoms with Gasteiger partial charge in [0.1, 0.15) is 10.5 Å². The molecule has 0 spiro atoms. The molecule has 0 N–H and O–H groups in total. The van der Waals surface area contributed by atoms with E-state index >= 15 is 0 Å². The van der Waals surface area contributed by atoms with Gasteiger partial charge in [-0.2, -0.15) is 0 Å². The number of para-hydroxylation sites is 2. The maximum Gasteiger partial charge on any atom is 0.121 e. The van der Waals surface area contributed by atoms with E-state index in [1.165, 1.54) is 5.56 Å². The molecule has 0 saturated heterocycles. The summed E-state index contributed by atoms with van der Waals surface area (Å²) in [6.07, 6.45) is 0.884. The zero-order valence-corrected chi connectivity index (χ0v) is 15.3. The Morgan fingerprint density at radius 3 is 2.85 bits per heavy atom. The zero-order chi connectivity index (χ0) is 18.5. The first-order valence-electron chi connectivity index (χ1n) is 9.34. The van der Waals surface area contributed by atoms with Crippen LogP contribution in [0.15, 0.2) is 72.8 Å². The number of fused-ring (bicyclic) bond motifs is 7. The van der Waals surface area contributed by atoms with Crippen LogP contribution in [0.3, 0.4) is 0 Å². The fourth-order valence-corrected chi connectivity index (χ4v) is 4.21. The summed E-state index contributed by atoms with van der Waals surface area (Å²) in [6.45, 7) is 2.19. The molecule has 0 aliphatic carbocycles. The highest BCUT2D eigenvalue weighted by Crippen LogP contribution is 2.34. The summed E-state index contributed by atoms with van der Waals surface area (Å²) in [5.74, 6) is 1.10. The van der Waals surface area contributed by atoms with Gasteiger partial charge in [0.2, 0.25) is 0 Å². The average molecular weight is 355 g/mol. The maximum absolute atomic E-state index is 8.66. The topological polar surface area (TPSA) is 17.8 Å². The normalized spacial score (nSPS) is 16.0. The summed E-state index contributed by atoms with van der Waals surface area (Å²) in [5.41, 5.74) is 5.15. The first-order chi connectivity index (χ1) is 13.1. The van der Waals surface area contributed by atoms with Crippen molar-refractivity contribution in [2.45, 2.75) is 19.3 Å². The van der Waals surface area contributed by atoms with Gasteiger partial charge in [-0.25, -0.2) is 4.98 Å². The van der Waals surface area contributed by atoms with Gasteiger partial charge in [-0.15, -0.1) is 0 Å². The Kier molecular flexibility index (Phi) is 3.26. The van der Waals surface area contributed by atoms with E-state index in [4.69, 9.17) is 18.6 Å². The van der Waals surface area contributed by atoms with Crippen molar-refractivity contribution in [2.75, 3.05) is 0 Å². The van der Waals surface area contributed by atoms with Crippen LogP contribution in [0.25, 0.3) is 27.7 Å². The second-order valence-corrected chi connectivity index (χ2v) is 7.25. The number of hydrogen-bond acceptors (Lipinski definition) is 2. The Morgan fingerprint density at radius 1 is 1.08 bits per heavy atom. The Morgan fingerprint density at radius 2 is 1.92 bits per heavy atom. The molecule has 3 heteroatoms. The minimum atomic E-state index is 0.178. The first-order valence-corrected chi connectivity index (χ1v) is 9.25. The van der Waals surface area contributed by atoms with E-state index in [0.717, 1.165) is 44.6 Å². The number of hydrogen-bond donors (Lipinski definition) is 0. The smallest absolute Gasteiger partial charge is 0.121 e. The van der Waals surface area contributed by atoms with Crippen LogP contribution in [0.5, 0.6) is 0 Å². The SMILES string of the molecule is [2H]c1cccc2c1-n1c(nc3ccccc3c1=S)C(C)Cc1cccc-2c1. The van der Waals surface area contributed by atoms with Gasteiger partial charge in [0.05, 0.1) is 12.6 Å². The highest BCUT2D eigenvalue weighted by molar-refractivity contribution is 7.71. The summed E-state index contributed by atoms with van der Waals surface area (Å²) in [7, 11) is 0. The van der Waals surface area contributed by atoms with Crippen molar-refractivity contribution in [3.63, 3.8) is 0 Å². The van der Waals surface area contributed by atoms with Crippen molar-refractivity contribution in [1.82, 2.24) is 9.55 Å². The van der Waals surface area contributed by atoms with Gasteiger partial charge in [0.15, 0.2) is 0 Å². The van der Waals surface area contributed by atoms with E-state index in [-0.39, 0.29) is 5.92 Å². The molecule has 2 bridgehead atoms. The van der Waals surface area contributed by atoms with Gasteiger partial charge >= 0.3 is 0 Å². The van der Waals surface area contributed by atoms with Crippen LogP contribution >= 0.6 is 12.2 Å². The molecule has 2 heterocycles. The first kappa shape index (κ1) is 14.4. The molecule has 26 heavy (non-hydrogen) atoms. The molecule has 0 saturated carbocycles. The third kappa shape index (κ3) is 2.31. The van der Waals surface area contributed by atoms with Crippen molar-refractivity contribution in [2.24, 2.45) is 0 Å². The number of rotatable bonds is 0. The Bertz CT molecular complexity index is 1260. The quantitative estimate of drug-likeness (QED) is 0.356. The van der Waals surface area contributed by atoms with Crippen LogP contribution in [0.1, 0.15) is 25.6 Å². The number of aromatic nitrogens is 2. The van der Waals surface area contributed by atoms with Crippen molar-refractivity contribution in [3.05, 3.63) is 88.8 Å². The molecule has 5 rings (SSSR count). The summed E-state index contributed by atoms with van der Waals surface area (Å²) < 4.78 is 11.4. The fourth-order valence-electron chi connectivity index (χ4n) is 3.85. The van der Waals surface area contributed by atoms with E-state index in [9.17, 15) is 0 Å². The van der Waals surface area contributed by atoms with E-state index in [1.54, 1.807) is 0 Å². The Hall–Kier alpha value is -2.78.